The lowest BCUT2D eigenvalue weighted by molar-refractivity contribution is -0.277. The van der Waals surface area contributed by atoms with Gasteiger partial charge >= 0.3 is 0 Å². The Labute approximate surface area is 240 Å². The molecular formula is C33H50O7. The van der Waals surface area contributed by atoms with Crippen LogP contribution in [-0.2, 0) is 11.2 Å². The maximum absolute atomic E-state index is 10.3. The average Bonchev–Trinajstić information content (AvgIpc) is 2.89. The van der Waals surface area contributed by atoms with Crippen molar-refractivity contribution in [3.63, 3.8) is 0 Å². The molecule has 1 saturated heterocycles. The number of fused-ring (bicyclic) bond motifs is 1. The van der Waals surface area contributed by atoms with E-state index < -0.39 is 37.3 Å². The molecule has 0 radical (unpaired) electrons. The van der Waals surface area contributed by atoms with Gasteiger partial charge in [-0.15, -0.1) is 0 Å². The summed E-state index contributed by atoms with van der Waals surface area (Å²) in [5.41, 5.74) is 5.95. The minimum Gasteiger partial charge on any atom is -0.487 e. The van der Waals surface area contributed by atoms with Gasteiger partial charge in [0.1, 0.15) is 41.5 Å². The quantitative estimate of drug-likeness (QED) is 0.252. The molecule has 40 heavy (non-hydrogen) atoms. The fraction of sp³-hybridized carbons (Fsp3) is 0.636. The Morgan fingerprint density at radius 1 is 0.950 bits per heavy atom. The highest BCUT2D eigenvalue weighted by atomic mass is 16.7. The van der Waals surface area contributed by atoms with Gasteiger partial charge in [-0.1, -0.05) is 34.9 Å². The molecule has 3 rings (SSSR count). The van der Waals surface area contributed by atoms with Crippen molar-refractivity contribution in [3.05, 3.63) is 58.2 Å². The minimum atomic E-state index is -1.48. The lowest BCUT2D eigenvalue weighted by Gasteiger charge is -2.40. The van der Waals surface area contributed by atoms with Crippen molar-refractivity contribution in [3.8, 4) is 11.5 Å². The van der Waals surface area contributed by atoms with E-state index in [-0.39, 0.29) is 5.60 Å². The van der Waals surface area contributed by atoms with Crippen LogP contribution in [0.1, 0.15) is 90.7 Å². The van der Waals surface area contributed by atoms with Crippen LogP contribution in [0, 0.1) is 6.92 Å². The average molecular weight is 559 g/mol. The van der Waals surface area contributed by atoms with Crippen LogP contribution in [0.15, 0.2) is 47.1 Å². The Morgan fingerprint density at radius 2 is 1.60 bits per heavy atom. The zero-order valence-electron chi connectivity index (χ0n) is 25.2. The molecule has 0 spiro atoms. The first-order valence-electron chi connectivity index (χ1n) is 14.7. The molecule has 0 saturated carbocycles. The van der Waals surface area contributed by atoms with Crippen LogP contribution in [0.5, 0.6) is 11.5 Å². The van der Waals surface area contributed by atoms with Gasteiger partial charge in [0.2, 0.25) is 6.29 Å². The van der Waals surface area contributed by atoms with E-state index in [9.17, 15) is 20.4 Å². The number of benzene rings is 1. The van der Waals surface area contributed by atoms with Crippen molar-refractivity contribution in [1.82, 2.24) is 0 Å². The predicted octanol–water partition coefficient (Wildman–Crippen LogP) is 5.46. The molecule has 7 nitrogen and oxygen atoms in total. The first-order chi connectivity index (χ1) is 18.9. The van der Waals surface area contributed by atoms with Gasteiger partial charge in [-0.3, -0.25) is 0 Å². The Morgan fingerprint density at radius 3 is 2.25 bits per heavy atom. The van der Waals surface area contributed by atoms with Crippen molar-refractivity contribution in [2.24, 2.45) is 0 Å². The summed E-state index contributed by atoms with van der Waals surface area (Å²) in [4.78, 5) is 0. The Hall–Kier alpha value is -2.16. The number of aliphatic hydroxyl groups is 4. The highest BCUT2D eigenvalue weighted by molar-refractivity contribution is 5.48. The van der Waals surface area contributed by atoms with Crippen LogP contribution in [0.25, 0.3) is 0 Å². The summed E-state index contributed by atoms with van der Waals surface area (Å²) in [7, 11) is 0. The standard InChI is InChI=1S/C33H50O7/c1-21(2)10-7-11-22(3)12-8-13-23(4)14-9-16-33(6)17-15-25-19-26(18-24(5)31(25)40-33)38-32-30(37)29(36)28(35)27(20-34)39-32/h10,12,14,18-19,27-30,32,34-37H,7-9,11,13,15-17,20H2,1-6H3/b22-12+,23-14+/t27-,28-,29+,30-,32-,33?/m1/s1. The van der Waals surface area contributed by atoms with E-state index in [1.165, 1.54) is 16.7 Å². The zero-order chi connectivity index (χ0) is 29.4. The Balaban J connectivity index is 1.53. The number of ether oxygens (including phenoxy) is 3. The zero-order valence-corrected chi connectivity index (χ0v) is 25.2. The van der Waals surface area contributed by atoms with Crippen LogP contribution >= 0.6 is 0 Å². The van der Waals surface area contributed by atoms with E-state index in [4.69, 9.17) is 14.2 Å². The van der Waals surface area contributed by atoms with Gasteiger partial charge in [-0.05, 0) is 116 Å². The van der Waals surface area contributed by atoms with E-state index in [2.05, 4.69) is 52.8 Å². The van der Waals surface area contributed by atoms with E-state index in [1.54, 1.807) is 0 Å². The fourth-order valence-electron chi connectivity index (χ4n) is 5.35. The van der Waals surface area contributed by atoms with Crippen molar-refractivity contribution < 1.29 is 34.6 Å². The third-order valence-corrected chi connectivity index (χ3v) is 7.99. The first kappa shape index (κ1) is 32.4. The van der Waals surface area contributed by atoms with Gasteiger partial charge in [0, 0.05) is 0 Å². The molecule has 4 N–H and O–H groups in total. The van der Waals surface area contributed by atoms with Crippen LogP contribution in [-0.4, -0.2) is 63.3 Å². The number of aryl methyl sites for hydroxylation is 2. The fourth-order valence-corrected chi connectivity index (χ4v) is 5.35. The molecule has 1 unspecified atom stereocenters. The molecule has 1 aromatic carbocycles. The lowest BCUT2D eigenvalue weighted by Crippen LogP contribution is -2.60. The van der Waals surface area contributed by atoms with Gasteiger partial charge in [-0.25, -0.2) is 0 Å². The molecule has 0 aliphatic carbocycles. The van der Waals surface area contributed by atoms with Crippen molar-refractivity contribution in [2.75, 3.05) is 6.61 Å². The minimum absolute atomic E-state index is 0.254. The van der Waals surface area contributed by atoms with E-state index in [0.717, 1.165) is 68.2 Å². The van der Waals surface area contributed by atoms with Crippen LogP contribution in [0.3, 0.4) is 0 Å². The summed E-state index contributed by atoms with van der Waals surface area (Å²) in [5, 5.41) is 39.8. The summed E-state index contributed by atoms with van der Waals surface area (Å²) >= 11 is 0. The molecule has 1 aromatic rings. The van der Waals surface area contributed by atoms with Crippen molar-refractivity contribution in [2.45, 2.75) is 129 Å². The van der Waals surface area contributed by atoms with Crippen molar-refractivity contribution in [1.29, 1.82) is 0 Å². The normalized spacial score (nSPS) is 29.0. The van der Waals surface area contributed by atoms with Crippen LogP contribution in [0.4, 0.5) is 0 Å². The second-order valence-corrected chi connectivity index (χ2v) is 12.1. The molecule has 2 heterocycles. The number of hydrogen-bond acceptors (Lipinski definition) is 7. The second kappa shape index (κ2) is 14.6. The Bertz CT molecular complexity index is 1070. The smallest absolute Gasteiger partial charge is 0.229 e. The monoisotopic (exact) mass is 558 g/mol. The molecule has 224 valence electrons. The first-order valence-corrected chi connectivity index (χ1v) is 14.7. The van der Waals surface area contributed by atoms with Gasteiger partial charge in [0.25, 0.3) is 0 Å². The number of rotatable bonds is 12. The highest BCUT2D eigenvalue weighted by Gasteiger charge is 2.45. The molecule has 2 aliphatic rings. The van der Waals surface area contributed by atoms with E-state index in [0.29, 0.717) is 5.75 Å². The molecule has 7 heteroatoms. The lowest BCUT2D eigenvalue weighted by atomic mass is 9.87. The van der Waals surface area contributed by atoms with E-state index in [1.807, 2.05) is 19.1 Å². The molecule has 0 bridgehead atoms. The number of hydrogen-bond donors (Lipinski definition) is 4. The molecule has 0 aromatic heterocycles. The highest BCUT2D eigenvalue weighted by Crippen LogP contribution is 2.40. The third kappa shape index (κ3) is 8.92. The van der Waals surface area contributed by atoms with Gasteiger partial charge < -0.3 is 34.6 Å². The summed E-state index contributed by atoms with van der Waals surface area (Å²) in [6, 6.07) is 3.70. The third-order valence-electron chi connectivity index (χ3n) is 7.99. The summed E-state index contributed by atoms with van der Waals surface area (Å²) < 4.78 is 17.9. The van der Waals surface area contributed by atoms with Crippen LogP contribution < -0.4 is 9.47 Å². The Kier molecular flexibility index (Phi) is 11.8. The largest absolute Gasteiger partial charge is 0.487 e. The van der Waals surface area contributed by atoms with E-state index >= 15 is 0 Å². The number of aliphatic hydroxyl groups excluding tert-OH is 4. The van der Waals surface area contributed by atoms with Crippen LogP contribution in [0.2, 0.25) is 0 Å². The molecule has 1 fully saturated rings. The topological polar surface area (TPSA) is 109 Å². The predicted molar refractivity (Wildman–Crippen MR) is 158 cm³/mol. The molecule has 0 amide bonds. The maximum atomic E-state index is 10.3. The maximum Gasteiger partial charge on any atom is 0.229 e. The SMILES string of the molecule is CC(C)=CCC/C(C)=C/CC/C(C)=C/CCC1(C)CCc2cc(O[C@@H]3O[C@H](CO)[C@@H](O)[C@H](O)[C@H]3O)cc(C)c2O1. The van der Waals surface area contributed by atoms with Gasteiger partial charge in [0.15, 0.2) is 0 Å². The summed E-state index contributed by atoms with van der Waals surface area (Å²) in [6.45, 7) is 12.4. The van der Waals surface area contributed by atoms with Gasteiger partial charge in [0.05, 0.1) is 6.61 Å². The molecule has 2 aliphatic heterocycles. The second-order valence-electron chi connectivity index (χ2n) is 12.1. The molecular weight excluding hydrogens is 508 g/mol. The summed E-state index contributed by atoms with van der Waals surface area (Å²) in [6.07, 6.45) is 8.48. The summed E-state index contributed by atoms with van der Waals surface area (Å²) in [5.74, 6) is 1.34. The van der Waals surface area contributed by atoms with Gasteiger partial charge in [-0.2, -0.15) is 0 Å². The molecule has 6 atom stereocenters. The number of allylic oxidation sites excluding steroid dienone is 6. The van der Waals surface area contributed by atoms with Crippen molar-refractivity contribution >= 4 is 0 Å².